The molecule has 1 saturated heterocycles. The number of carbonyl (C=O) groups is 2. The maximum atomic E-state index is 13.0. The van der Waals surface area contributed by atoms with Crippen LogP contribution in [0.15, 0.2) is 48.0 Å². The Morgan fingerprint density at radius 2 is 1.83 bits per heavy atom. The van der Waals surface area contributed by atoms with E-state index in [2.05, 4.69) is 0 Å². The molecule has 0 unspecified atom stereocenters. The van der Waals surface area contributed by atoms with Crippen LogP contribution in [0.2, 0.25) is 5.02 Å². The molecule has 0 aromatic heterocycles. The predicted molar refractivity (Wildman–Crippen MR) is 117 cm³/mol. The first-order valence-corrected chi connectivity index (χ1v) is 9.96. The minimum absolute atomic E-state index is 0.0781. The molecule has 0 radical (unpaired) electrons. The number of nitrogens with zero attached hydrogens (tertiary/aromatic N) is 2. The second kappa shape index (κ2) is 8.90. The fourth-order valence-corrected chi connectivity index (χ4v) is 3.71. The molecule has 3 rings (SSSR count). The van der Waals surface area contributed by atoms with Crippen molar-refractivity contribution in [3.05, 3.63) is 69.8 Å². The van der Waals surface area contributed by atoms with Gasteiger partial charge in [-0.15, -0.1) is 0 Å². The van der Waals surface area contributed by atoms with Gasteiger partial charge in [-0.2, -0.15) is 0 Å². The highest BCUT2D eigenvalue weighted by atomic mass is 35.5. The Labute approximate surface area is 181 Å². The number of ether oxygens (including phenoxy) is 1. The van der Waals surface area contributed by atoms with E-state index >= 15 is 0 Å². The van der Waals surface area contributed by atoms with Crippen LogP contribution in [0.25, 0.3) is 5.76 Å². The van der Waals surface area contributed by atoms with Crippen molar-refractivity contribution in [3.8, 4) is 5.75 Å². The topological polar surface area (TPSA) is 70.1 Å². The zero-order valence-electron chi connectivity index (χ0n) is 17.5. The summed E-state index contributed by atoms with van der Waals surface area (Å²) in [5.41, 5.74) is 2.01. The number of methoxy groups -OCH3 is 1. The lowest BCUT2D eigenvalue weighted by atomic mass is 9.94. The van der Waals surface area contributed by atoms with Gasteiger partial charge in [-0.25, -0.2) is 0 Å². The molecular weight excluding hydrogens is 404 g/mol. The van der Waals surface area contributed by atoms with Gasteiger partial charge >= 0.3 is 0 Å². The average Bonchev–Trinajstić information content (AvgIpc) is 2.96. The van der Waals surface area contributed by atoms with Crippen molar-refractivity contribution in [1.82, 2.24) is 9.80 Å². The largest absolute Gasteiger partial charge is 0.507 e. The first-order valence-electron chi connectivity index (χ1n) is 9.58. The summed E-state index contributed by atoms with van der Waals surface area (Å²) in [4.78, 5) is 29.3. The SMILES string of the molecule is COc1ccc(/C(O)=C2\C(=O)C(=O)N(CCN(C)C)[C@H]2c2ccc(Cl)cc2)c(C)c1. The highest BCUT2D eigenvalue weighted by Gasteiger charge is 2.46. The van der Waals surface area contributed by atoms with E-state index in [4.69, 9.17) is 16.3 Å². The second-order valence-corrected chi connectivity index (χ2v) is 7.96. The predicted octanol–water partition coefficient (Wildman–Crippen LogP) is 3.64. The van der Waals surface area contributed by atoms with Crippen LogP contribution >= 0.6 is 11.6 Å². The number of halogens is 1. The second-order valence-electron chi connectivity index (χ2n) is 7.53. The van der Waals surface area contributed by atoms with Crippen molar-refractivity contribution >= 4 is 29.1 Å². The number of aliphatic hydroxyl groups is 1. The third-order valence-electron chi connectivity index (χ3n) is 5.20. The van der Waals surface area contributed by atoms with Crippen LogP contribution in [0, 0.1) is 6.92 Å². The number of aliphatic hydroxyl groups excluding tert-OH is 1. The van der Waals surface area contributed by atoms with Gasteiger partial charge in [0.1, 0.15) is 11.5 Å². The number of likely N-dealkylation sites (tertiary alicyclic amines) is 1. The van der Waals surface area contributed by atoms with E-state index in [-0.39, 0.29) is 11.3 Å². The highest BCUT2D eigenvalue weighted by Crippen LogP contribution is 2.40. The van der Waals surface area contributed by atoms with Crippen molar-refractivity contribution in [3.63, 3.8) is 0 Å². The smallest absolute Gasteiger partial charge is 0.295 e. The van der Waals surface area contributed by atoms with Crippen LogP contribution in [0.1, 0.15) is 22.7 Å². The lowest BCUT2D eigenvalue weighted by molar-refractivity contribution is -0.140. The number of carbonyl (C=O) groups excluding carboxylic acids is 2. The molecule has 0 saturated carbocycles. The number of ketones is 1. The van der Waals surface area contributed by atoms with Crippen molar-refractivity contribution in [2.45, 2.75) is 13.0 Å². The van der Waals surface area contributed by atoms with Crippen LogP contribution in [-0.4, -0.2) is 60.9 Å². The van der Waals surface area contributed by atoms with Gasteiger partial charge in [0.2, 0.25) is 0 Å². The van der Waals surface area contributed by atoms with E-state index in [1.165, 1.54) is 4.90 Å². The Morgan fingerprint density at radius 1 is 1.17 bits per heavy atom. The Hall–Kier alpha value is -2.83. The summed E-state index contributed by atoms with van der Waals surface area (Å²) in [5, 5.41) is 11.7. The number of rotatable bonds is 6. The van der Waals surface area contributed by atoms with Gasteiger partial charge in [0, 0.05) is 23.7 Å². The summed E-state index contributed by atoms with van der Waals surface area (Å²) in [5.74, 6) is -0.864. The number of likely N-dealkylation sites (N-methyl/N-ethyl adjacent to an activating group) is 1. The quantitative estimate of drug-likeness (QED) is 0.432. The molecule has 0 bridgehead atoms. The number of benzene rings is 2. The first kappa shape index (κ1) is 21.9. The van der Waals surface area contributed by atoms with Gasteiger partial charge in [-0.1, -0.05) is 23.7 Å². The summed E-state index contributed by atoms with van der Waals surface area (Å²) < 4.78 is 5.22. The summed E-state index contributed by atoms with van der Waals surface area (Å²) in [6.45, 7) is 2.75. The van der Waals surface area contributed by atoms with E-state index in [0.29, 0.717) is 35.0 Å². The van der Waals surface area contributed by atoms with E-state index in [0.717, 1.165) is 5.56 Å². The molecule has 7 heteroatoms. The van der Waals surface area contributed by atoms with Gasteiger partial charge in [0.25, 0.3) is 11.7 Å². The number of hydrogen-bond donors (Lipinski definition) is 1. The Morgan fingerprint density at radius 3 is 2.40 bits per heavy atom. The summed E-state index contributed by atoms with van der Waals surface area (Å²) in [7, 11) is 5.36. The van der Waals surface area contributed by atoms with Crippen molar-refractivity contribution in [2.24, 2.45) is 0 Å². The van der Waals surface area contributed by atoms with Gasteiger partial charge in [0.05, 0.1) is 18.7 Å². The molecule has 2 aromatic carbocycles. The fraction of sp³-hybridized carbons (Fsp3) is 0.304. The molecule has 1 N–H and O–H groups in total. The molecule has 0 spiro atoms. The summed E-state index contributed by atoms with van der Waals surface area (Å²) in [6, 6.07) is 11.4. The van der Waals surface area contributed by atoms with Crippen LogP contribution in [0.3, 0.4) is 0 Å². The van der Waals surface area contributed by atoms with E-state index in [1.807, 2.05) is 25.9 Å². The van der Waals surface area contributed by atoms with Gasteiger partial charge in [-0.3, -0.25) is 9.59 Å². The highest BCUT2D eigenvalue weighted by molar-refractivity contribution is 6.46. The summed E-state index contributed by atoms with van der Waals surface area (Å²) >= 11 is 6.03. The Kier molecular flexibility index (Phi) is 6.48. The van der Waals surface area contributed by atoms with Crippen molar-refractivity contribution < 1.29 is 19.4 Å². The Bertz CT molecular complexity index is 999. The molecule has 1 aliphatic rings. The number of aryl methyl sites for hydroxylation is 1. The maximum absolute atomic E-state index is 13.0. The lowest BCUT2D eigenvalue weighted by Crippen LogP contribution is -2.35. The van der Waals surface area contributed by atoms with E-state index in [9.17, 15) is 14.7 Å². The molecule has 30 heavy (non-hydrogen) atoms. The molecule has 1 aliphatic heterocycles. The zero-order valence-corrected chi connectivity index (χ0v) is 18.2. The Balaban J connectivity index is 2.16. The fourth-order valence-electron chi connectivity index (χ4n) is 3.58. The maximum Gasteiger partial charge on any atom is 0.295 e. The number of hydrogen-bond acceptors (Lipinski definition) is 5. The summed E-state index contributed by atoms with van der Waals surface area (Å²) in [6.07, 6.45) is 0. The molecule has 1 amide bonds. The van der Waals surface area contributed by atoms with Crippen molar-refractivity contribution in [1.29, 1.82) is 0 Å². The van der Waals surface area contributed by atoms with Crippen LogP contribution < -0.4 is 4.74 Å². The standard InChI is InChI=1S/C23H25ClN2O4/c1-14-13-17(30-4)9-10-18(14)21(27)19-20(15-5-7-16(24)8-6-15)26(12-11-25(2)3)23(29)22(19)28/h5-10,13,20,27H,11-12H2,1-4H3/b21-19+/t20-/m0/s1. The number of Topliss-reactive ketones (excluding diaryl/α,β-unsaturated/α-hetero) is 1. The molecule has 6 nitrogen and oxygen atoms in total. The molecule has 158 valence electrons. The zero-order chi connectivity index (χ0) is 22.0. The van der Waals surface area contributed by atoms with Crippen molar-refractivity contribution in [2.75, 3.05) is 34.3 Å². The van der Waals surface area contributed by atoms with Gasteiger partial charge in [0.15, 0.2) is 0 Å². The van der Waals surface area contributed by atoms with Crippen LogP contribution in [-0.2, 0) is 9.59 Å². The van der Waals surface area contributed by atoms with E-state index in [1.54, 1.807) is 49.6 Å². The minimum atomic E-state index is -0.693. The molecule has 1 atom stereocenters. The van der Waals surface area contributed by atoms with Gasteiger partial charge < -0.3 is 19.6 Å². The molecule has 1 heterocycles. The van der Waals surface area contributed by atoms with Gasteiger partial charge in [-0.05, 0) is 62.5 Å². The van der Waals surface area contributed by atoms with Crippen LogP contribution in [0.5, 0.6) is 5.75 Å². The average molecular weight is 429 g/mol. The molecular formula is C23H25ClN2O4. The third-order valence-corrected chi connectivity index (χ3v) is 5.45. The van der Waals surface area contributed by atoms with E-state index < -0.39 is 17.7 Å². The molecule has 1 fully saturated rings. The number of amides is 1. The minimum Gasteiger partial charge on any atom is -0.507 e. The monoisotopic (exact) mass is 428 g/mol. The molecule has 0 aliphatic carbocycles. The lowest BCUT2D eigenvalue weighted by Gasteiger charge is -2.26. The third kappa shape index (κ3) is 4.20. The molecule has 2 aromatic rings. The normalized spacial score (nSPS) is 18.3. The van der Waals surface area contributed by atoms with Crippen LogP contribution in [0.4, 0.5) is 0 Å². The first-order chi connectivity index (χ1) is 14.2.